The first-order valence-electron chi connectivity index (χ1n) is 4.71. The van der Waals surface area contributed by atoms with E-state index in [1.165, 1.54) is 44.7 Å². The summed E-state index contributed by atoms with van der Waals surface area (Å²) in [7, 11) is 2.47. The van der Waals surface area contributed by atoms with Crippen LogP contribution in [0.3, 0.4) is 0 Å². The van der Waals surface area contributed by atoms with E-state index in [9.17, 15) is 0 Å². The molecule has 0 spiro atoms. The zero-order chi connectivity index (χ0) is 7.23. The maximum atomic E-state index is 2.47. The molecule has 1 unspecified atom stereocenters. The fraction of sp³-hybridized carbons (Fsp3) is 1.00. The predicted octanol–water partition coefficient (Wildman–Crippen LogP) is 3.13. The van der Waals surface area contributed by atoms with Crippen LogP contribution in [0.25, 0.3) is 0 Å². The molecule has 1 atom stereocenters. The van der Waals surface area contributed by atoms with Gasteiger partial charge in [-0.15, -0.1) is 0 Å². The summed E-state index contributed by atoms with van der Waals surface area (Å²) >= 11 is 0. The van der Waals surface area contributed by atoms with Crippen LogP contribution in [-0.4, -0.2) is 7.28 Å². The molecule has 0 aliphatic carbocycles. The van der Waals surface area contributed by atoms with Gasteiger partial charge < -0.3 is 0 Å². The third-order valence-electron chi connectivity index (χ3n) is 2.46. The van der Waals surface area contributed by atoms with Crippen LogP contribution < -0.4 is 0 Å². The van der Waals surface area contributed by atoms with E-state index in [-0.39, 0.29) is 0 Å². The minimum absolute atomic E-state index is 0.992. The average Bonchev–Trinajstić information content (AvgIpc) is 2.02. The molecular weight excluding hydrogens is 119 g/mol. The monoisotopic (exact) mass is 137 g/mol. The van der Waals surface area contributed by atoms with E-state index in [4.69, 9.17) is 0 Å². The second kappa shape index (κ2) is 4.82. The van der Waals surface area contributed by atoms with E-state index < -0.39 is 0 Å². The molecule has 0 amide bonds. The van der Waals surface area contributed by atoms with Crippen LogP contribution in [-0.2, 0) is 0 Å². The zero-order valence-electron chi connectivity index (χ0n) is 7.10. The molecule has 1 heterocycles. The van der Waals surface area contributed by atoms with Crippen molar-refractivity contribution in [2.24, 2.45) is 5.92 Å². The van der Waals surface area contributed by atoms with Crippen molar-refractivity contribution >= 4 is 7.28 Å². The molecule has 0 aromatic carbocycles. The van der Waals surface area contributed by atoms with Crippen LogP contribution in [0.2, 0.25) is 12.6 Å². The Morgan fingerprint density at radius 3 is 2.60 bits per heavy atom. The van der Waals surface area contributed by atoms with E-state index in [1.807, 2.05) is 0 Å². The smallest absolute Gasteiger partial charge is 0.0803 e. The third-order valence-corrected chi connectivity index (χ3v) is 2.46. The van der Waals surface area contributed by atoms with Crippen molar-refractivity contribution in [1.29, 1.82) is 0 Å². The summed E-state index contributed by atoms with van der Waals surface area (Å²) in [6, 6.07) is 0. The van der Waals surface area contributed by atoms with Crippen molar-refractivity contribution in [2.45, 2.75) is 51.7 Å². The van der Waals surface area contributed by atoms with Gasteiger partial charge >= 0.3 is 0 Å². The first-order chi connectivity index (χ1) is 4.89. The summed E-state index contributed by atoms with van der Waals surface area (Å²) in [5, 5.41) is 0. The van der Waals surface area contributed by atoms with Gasteiger partial charge in [0.15, 0.2) is 0 Å². The van der Waals surface area contributed by atoms with Gasteiger partial charge in [-0.3, -0.25) is 0 Å². The summed E-state index contributed by atoms with van der Waals surface area (Å²) in [5.41, 5.74) is 0. The number of hydrogen-bond acceptors (Lipinski definition) is 0. The Morgan fingerprint density at radius 1 is 1.00 bits per heavy atom. The first kappa shape index (κ1) is 8.16. The Labute approximate surface area is 65.6 Å². The Morgan fingerprint density at radius 2 is 1.70 bits per heavy atom. The molecule has 57 valence electrons. The maximum absolute atomic E-state index is 2.47. The summed E-state index contributed by atoms with van der Waals surface area (Å²) in [5.74, 6) is 0.992. The molecule has 1 aliphatic rings. The van der Waals surface area contributed by atoms with Crippen LogP contribution in [0, 0.1) is 5.92 Å². The highest BCUT2D eigenvalue weighted by Gasteiger charge is 2.04. The second-order valence-electron chi connectivity index (χ2n) is 3.61. The van der Waals surface area contributed by atoms with E-state index in [1.54, 1.807) is 0 Å². The largest absolute Gasteiger partial charge is 0.109 e. The van der Waals surface area contributed by atoms with Crippen LogP contribution in [0.15, 0.2) is 0 Å². The van der Waals surface area contributed by atoms with E-state index in [2.05, 4.69) is 14.2 Å². The highest BCUT2D eigenvalue weighted by Crippen LogP contribution is 2.18. The normalized spacial score (nSPS) is 29.5. The molecule has 1 heteroatoms. The zero-order valence-corrected chi connectivity index (χ0v) is 7.10. The number of rotatable bonds is 0. The second-order valence-corrected chi connectivity index (χ2v) is 3.61. The Balaban J connectivity index is 2.15. The number of hydrogen-bond donors (Lipinski definition) is 0. The van der Waals surface area contributed by atoms with Crippen LogP contribution in [0.1, 0.15) is 39.0 Å². The molecular formula is C9H18B. The average molecular weight is 137 g/mol. The van der Waals surface area contributed by atoms with Gasteiger partial charge in [0.25, 0.3) is 0 Å². The third kappa shape index (κ3) is 3.29. The van der Waals surface area contributed by atoms with Gasteiger partial charge in [-0.2, -0.15) is 0 Å². The molecule has 0 N–H and O–H groups in total. The summed E-state index contributed by atoms with van der Waals surface area (Å²) in [6.45, 7) is 2.39. The molecule has 0 nitrogen and oxygen atoms in total. The van der Waals surface area contributed by atoms with Crippen LogP contribution >= 0.6 is 0 Å². The van der Waals surface area contributed by atoms with E-state index in [0.29, 0.717) is 0 Å². The van der Waals surface area contributed by atoms with Gasteiger partial charge in [0.05, 0.1) is 0 Å². The molecule has 1 aliphatic heterocycles. The van der Waals surface area contributed by atoms with Crippen LogP contribution in [0.5, 0.6) is 0 Å². The van der Waals surface area contributed by atoms with Crippen molar-refractivity contribution in [2.75, 3.05) is 0 Å². The molecule has 1 fully saturated rings. The van der Waals surface area contributed by atoms with Crippen LogP contribution in [0.4, 0.5) is 0 Å². The van der Waals surface area contributed by atoms with Crippen molar-refractivity contribution in [1.82, 2.24) is 0 Å². The van der Waals surface area contributed by atoms with E-state index in [0.717, 1.165) is 5.92 Å². The molecule has 0 aromatic rings. The quantitative estimate of drug-likeness (QED) is 0.450. The van der Waals surface area contributed by atoms with E-state index >= 15 is 0 Å². The highest BCUT2D eigenvalue weighted by molar-refractivity contribution is 6.35. The summed E-state index contributed by atoms with van der Waals surface area (Å²) in [6.07, 6.45) is 9.98. The van der Waals surface area contributed by atoms with Gasteiger partial charge in [0.2, 0.25) is 0 Å². The lowest BCUT2D eigenvalue weighted by Crippen LogP contribution is -1.92. The summed E-state index contributed by atoms with van der Waals surface area (Å²) in [4.78, 5) is 0. The van der Waals surface area contributed by atoms with Crippen molar-refractivity contribution in [3.63, 3.8) is 0 Å². The maximum Gasteiger partial charge on any atom is 0.109 e. The Hall–Kier alpha value is 0.0649. The molecule has 0 saturated carbocycles. The van der Waals surface area contributed by atoms with Gasteiger partial charge in [-0.25, -0.2) is 0 Å². The lowest BCUT2D eigenvalue weighted by atomic mass is 9.69. The molecule has 10 heavy (non-hydrogen) atoms. The van der Waals surface area contributed by atoms with Gasteiger partial charge in [-0.05, 0) is 5.92 Å². The first-order valence-corrected chi connectivity index (χ1v) is 4.71. The molecule has 0 aromatic heterocycles. The van der Waals surface area contributed by atoms with Gasteiger partial charge in [0, 0.05) is 0 Å². The standard InChI is InChI=1S/C9H18B/c1-9-5-2-3-7-10-8-4-6-9/h9H,2-8H2,1H3. The minimum atomic E-state index is 0.992. The fourth-order valence-electron chi connectivity index (χ4n) is 1.68. The van der Waals surface area contributed by atoms with Crippen molar-refractivity contribution < 1.29 is 0 Å². The molecule has 1 rings (SSSR count). The molecule has 1 saturated heterocycles. The fourth-order valence-corrected chi connectivity index (χ4v) is 1.68. The predicted molar refractivity (Wildman–Crippen MR) is 47.6 cm³/mol. The lowest BCUT2D eigenvalue weighted by Gasteiger charge is -2.07. The minimum Gasteiger partial charge on any atom is -0.0803 e. The van der Waals surface area contributed by atoms with Gasteiger partial charge in [-0.1, -0.05) is 51.7 Å². The lowest BCUT2D eigenvalue weighted by molar-refractivity contribution is 0.471. The Bertz CT molecular complexity index is 70.8. The highest BCUT2D eigenvalue weighted by atomic mass is 14.1. The SMILES string of the molecule is CC1CCC[B]CCCC1. The van der Waals surface area contributed by atoms with Crippen molar-refractivity contribution in [3.05, 3.63) is 0 Å². The molecule has 0 bridgehead atoms. The summed E-state index contributed by atoms with van der Waals surface area (Å²) < 4.78 is 0. The molecule has 1 radical (unpaired) electrons. The Kier molecular flexibility index (Phi) is 3.93. The topological polar surface area (TPSA) is 0 Å². The van der Waals surface area contributed by atoms with Crippen molar-refractivity contribution in [3.8, 4) is 0 Å². The van der Waals surface area contributed by atoms with Gasteiger partial charge in [0.1, 0.15) is 7.28 Å².